The van der Waals surface area contributed by atoms with Crippen molar-refractivity contribution in [2.75, 3.05) is 14.2 Å². The third kappa shape index (κ3) is 1.96. The topological polar surface area (TPSA) is 44.8 Å². The number of halogens is 1. The molecule has 0 N–H and O–H groups in total. The maximum absolute atomic E-state index is 11.3. The number of esters is 1. The lowest BCUT2D eigenvalue weighted by molar-refractivity contribution is -0.194. The van der Waals surface area contributed by atoms with Crippen LogP contribution in [0.25, 0.3) is 0 Å². The van der Waals surface area contributed by atoms with E-state index < -0.39 is 11.8 Å². The summed E-state index contributed by atoms with van der Waals surface area (Å²) in [6, 6.07) is 7.14. The lowest BCUT2D eigenvalue weighted by Gasteiger charge is -2.27. The van der Waals surface area contributed by atoms with Gasteiger partial charge in [0.2, 0.25) is 0 Å². The molecule has 5 heteroatoms. The quantitative estimate of drug-likeness (QED) is 0.804. The van der Waals surface area contributed by atoms with E-state index in [1.165, 1.54) is 13.2 Å². The zero-order valence-electron chi connectivity index (χ0n) is 9.40. The summed E-state index contributed by atoms with van der Waals surface area (Å²) in [7, 11) is 3.07. The van der Waals surface area contributed by atoms with E-state index in [1.807, 2.05) is 0 Å². The monoisotopic (exact) mass is 298 g/mol. The molecule has 0 spiro atoms. The van der Waals surface area contributed by atoms with Crippen LogP contribution in [0.2, 0.25) is 0 Å². The highest BCUT2D eigenvalue weighted by Crippen LogP contribution is 2.42. The van der Waals surface area contributed by atoms with E-state index in [1.54, 1.807) is 31.4 Å². The average molecular weight is 299 g/mol. The molecule has 1 heterocycles. The highest BCUT2D eigenvalue weighted by Gasteiger charge is 2.44. The van der Waals surface area contributed by atoms with Gasteiger partial charge in [-0.3, -0.25) is 0 Å². The van der Waals surface area contributed by atoms with Crippen molar-refractivity contribution in [1.29, 1.82) is 0 Å². The maximum atomic E-state index is 11.3. The van der Waals surface area contributed by atoms with E-state index in [0.29, 0.717) is 4.48 Å². The molecule has 1 aromatic rings. The number of cyclic esters (lactones) is 1. The second-order valence-corrected chi connectivity index (χ2v) is 4.32. The van der Waals surface area contributed by atoms with Crippen molar-refractivity contribution < 1.29 is 19.0 Å². The second kappa shape index (κ2) is 4.50. The highest BCUT2D eigenvalue weighted by molar-refractivity contribution is 9.11. The van der Waals surface area contributed by atoms with Crippen LogP contribution in [0.1, 0.15) is 5.56 Å². The second-order valence-electron chi connectivity index (χ2n) is 3.46. The highest BCUT2D eigenvalue weighted by atomic mass is 79.9. The van der Waals surface area contributed by atoms with Crippen molar-refractivity contribution in [3.05, 3.63) is 40.4 Å². The molecule has 0 saturated heterocycles. The summed E-state index contributed by atoms with van der Waals surface area (Å²) in [4.78, 5) is 11.3. The van der Waals surface area contributed by atoms with Crippen molar-refractivity contribution >= 4 is 21.9 Å². The average Bonchev–Trinajstić information content (AvgIpc) is 2.65. The standard InChI is InChI=1S/C12H11BrO4/c1-15-9-5-3-8(4-6-9)12(16-2)10(13)7-11(14)17-12/h3-7H,1-2H3/t12-/m0/s1. The van der Waals surface area contributed by atoms with E-state index in [4.69, 9.17) is 14.2 Å². The molecule has 0 amide bonds. The van der Waals surface area contributed by atoms with Crippen molar-refractivity contribution in [3.63, 3.8) is 0 Å². The number of carbonyl (C=O) groups excluding carboxylic acids is 1. The third-order valence-corrected chi connectivity index (χ3v) is 3.31. The van der Waals surface area contributed by atoms with Crippen LogP contribution in [-0.4, -0.2) is 20.2 Å². The smallest absolute Gasteiger partial charge is 0.334 e. The minimum atomic E-state index is -1.18. The SMILES string of the molecule is COc1ccc([C@]2(OC)OC(=O)C=C2Br)cc1. The summed E-state index contributed by atoms with van der Waals surface area (Å²) in [6.07, 6.45) is 1.35. The molecule has 1 atom stereocenters. The summed E-state index contributed by atoms with van der Waals surface area (Å²) in [5.74, 6) is -0.887. The summed E-state index contributed by atoms with van der Waals surface area (Å²) >= 11 is 3.29. The van der Waals surface area contributed by atoms with Gasteiger partial charge in [-0.25, -0.2) is 4.79 Å². The van der Waals surface area contributed by atoms with Gasteiger partial charge in [0.05, 0.1) is 11.6 Å². The Bertz CT molecular complexity index is 466. The number of hydrogen-bond acceptors (Lipinski definition) is 4. The zero-order chi connectivity index (χ0) is 12.5. The van der Waals surface area contributed by atoms with Gasteiger partial charge in [-0.2, -0.15) is 0 Å². The first kappa shape index (κ1) is 12.1. The lowest BCUT2D eigenvalue weighted by atomic mass is 10.1. The summed E-state index contributed by atoms with van der Waals surface area (Å²) in [5, 5.41) is 0. The number of rotatable bonds is 3. The van der Waals surface area contributed by atoms with Crippen LogP contribution in [0.4, 0.5) is 0 Å². The van der Waals surface area contributed by atoms with E-state index >= 15 is 0 Å². The molecular weight excluding hydrogens is 288 g/mol. The van der Waals surface area contributed by atoms with Gasteiger partial charge in [0, 0.05) is 18.7 Å². The largest absolute Gasteiger partial charge is 0.497 e. The molecule has 90 valence electrons. The van der Waals surface area contributed by atoms with Gasteiger partial charge < -0.3 is 14.2 Å². The van der Waals surface area contributed by atoms with Crippen LogP contribution in [0, 0.1) is 0 Å². The van der Waals surface area contributed by atoms with Crippen LogP contribution in [0.5, 0.6) is 5.75 Å². The molecule has 0 unspecified atom stereocenters. The van der Waals surface area contributed by atoms with E-state index in [-0.39, 0.29) is 0 Å². The van der Waals surface area contributed by atoms with Crippen molar-refractivity contribution in [3.8, 4) is 5.75 Å². The lowest BCUT2D eigenvalue weighted by Crippen LogP contribution is -2.29. The maximum Gasteiger partial charge on any atom is 0.334 e. The molecule has 1 aromatic carbocycles. The Hall–Kier alpha value is -1.33. The fourth-order valence-corrected chi connectivity index (χ4v) is 2.34. The minimum Gasteiger partial charge on any atom is -0.497 e. The van der Waals surface area contributed by atoms with Gasteiger partial charge in [-0.15, -0.1) is 0 Å². The molecule has 17 heavy (non-hydrogen) atoms. The Labute approximate surface area is 107 Å². The van der Waals surface area contributed by atoms with Gasteiger partial charge in [0.25, 0.3) is 5.79 Å². The third-order valence-electron chi connectivity index (χ3n) is 2.56. The first-order valence-electron chi connectivity index (χ1n) is 4.92. The molecule has 0 bridgehead atoms. The van der Waals surface area contributed by atoms with E-state index in [0.717, 1.165) is 11.3 Å². The number of methoxy groups -OCH3 is 2. The van der Waals surface area contributed by atoms with Gasteiger partial charge in [-0.05, 0) is 40.2 Å². The number of carbonyl (C=O) groups is 1. The van der Waals surface area contributed by atoms with Gasteiger partial charge in [-0.1, -0.05) is 0 Å². The molecular formula is C12H11BrO4. The summed E-state index contributed by atoms with van der Waals surface area (Å²) in [6.45, 7) is 0. The molecule has 2 rings (SSSR count). The summed E-state index contributed by atoms with van der Waals surface area (Å²) < 4.78 is 16.2. The van der Waals surface area contributed by atoms with Gasteiger partial charge >= 0.3 is 5.97 Å². The normalized spacial score (nSPS) is 23.2. The fraction of sp³-hybridized carbons (Fsp3) is 0.250. The van der Waals surface area contributed by atoms with E-state index in [9.17, 15) is 4.79 Å². The number of hydrogen-bond donors (Lipinski definition) is 0. The molecule has 0 fully saturated rings. The fourth-order valence-electron chi connectivity index (χ4n) is 1.68. The van der Waals surface area contributed by atoms with Crippen LogP contribution >= 0.6 is 15.9 Å². The van der Waals surface area contributed by atoms with Crippen molar-refractivity contribution in [1.82, 2.24) is 0 Å². The Morgan fingerprint density at radius 2 is 1.88 bits per heavy atom. The minimum absolute atomic E-state index is 0.436. The Morgan fingerprint density at radius 3 is 2.29 bits per heavy atom. The van der Waals surface area contributed by atoms with Crippen LogP contribution in [-0.2, 0) is 20.1 Å². The molecule has 1 aliphatic rings. The first-order chi connectivity index (χ1) is 8.12. The van der Waals surface area contributed by atoms with Crippen molar-refractivity contribution in [2.45, 2.75) is 5.79 Å². The van der Waals surface area contributed by atoms with Crippen LogP contribution in [0.15, 0.2) is 34.8 Å². The molecule has 0 radical (unpaired) electrons. The zero-order valence-corrected chi connectivity index (χ0v) is 11.0. The molecule has 0 aromatic heterocycles. The van der Waals surface area contributed by atoms with Gasteiger partial charge in [0.15, 0.2) is 0 Å². The Kier molecular flexibility index (Phi) is 3.22. The Balaban J connectivity index is 2.42. The van der Waals surface area contributed by atoms with Crippen molar-refractivity contribution in [2.24, 2.45) is 0 Å². The molecule has 4 nitrogen and oxygen atoms in total. The molecule has 0 saturated carbocycles. The summed E-state index contributed by atoms with van der Waals surface area (Å²) in [5.41, 5.74) is 0.717. The van der Waals surface area contributed by atoms with Crippen LogP contribution < -0.4 is 4.74 Å². The first-order valence-corrected chi connectivity index (χ1v) is 5.72. The number of ether oxygens (including phenoxy) is 3. The van der Waals surface area contributed by atoms with E-state index in [2.05, 4.69) is 15.9 Å². The predicted molar refractivity (Wildman–Crippen MR) is 64.8 cm³/mol. The molecule has 1 aliphatic heterocycles. The van der Waals surface area contributed by atoms with Gasteiger partial charge in [0.1, 0.15) is 5.75 Å². The number of benzene rings is 1. The Morgan fingerprint density at radius 1 is 1.24 bits per heavy atom. The van der Waals surface area contributed by atoms with Crippen LogP contribution in [0.3, 0.4) is 0 Å². The molecule has 0 aliphatic carbocycles. The predicted octanol–water partition coefficient (Wildman–Crippen LogP) is 2.33.